The van der Waals surface area contributed by atoms with Crippen molar-refractivity contribution >= 4 is 12.1 Å². The highest BCUT2D eigenvalue weighted by atomic mass is 16.6. The van der Waals surface area contributed by atoms with Crippen molar-refractivity contribution < 1.29 is 24.2 Å². The molecule has 0 saturated heterocycles. The number of nitrogens with two attached hydrogens (primary N) is 1. The SMILES string of the molecule is CCCC(CCC)C(N)[C@@H]1[C@H](O)[C@@H](C(=O)OC)C[C@H]1NC(=O)OC(C)(C)C. The molecule has 158 valence electrons. The van der Waals surface area contributed by atoms with E-state index in [0.29, 0.717) is 0 Å². The van der Waals surface area contributed by atoms with Gasteiger partial charge < -0.3 is 25.6 Å². The molecule has 0 aromatic heterocycles. The molecule has 0 bridgehead atoms. The first kappa shape index (κ1) is 23.7. The molecular formula is C20H38N2O5. The quantitative estimate of drug-likeness (QED) is 0.553. The molecule has 1 aliphatic rings. The lowest BCUT2D eigenvalue weighted by molar-refractivity contribution is -0.149. The highest BCUT2D eigenvalue weighted by molar-refractivity contribution is 5.74. The first-order valence-corrected chi connectivity index (χ1v) is 10.1. The van der Waals surface area contributed by atoms with E-state index in [1.54, 1.807) is 20.8 Å². The van der Waals surface area contributed by atoms with Gasteiger partial charge in [-0.25, -0.2) is 4.79 Å². The highest BCUT2D eigenvalue weighted by Crippen LogP contribution is 2.38. The second-order valence-electron chi connectivity index (χ2n) is 8.60. The number of hydrogen-bond acceptors (Lipinski definition) is 6. The van der Waals surface area contributed by atoms with Crippen LogP contribution in [0, 0.1) is 17.8 Å². The number of methoxy groups -OCH3 is 1. The summed E-state index contributed by atoms with van der Waals surface area (Å²) in [5.74, 6) is -1.38. The largest absolute Gasteiger partial charge is 0.469 e. The lowest BCUT2D eigenvalue weighted by Crippen LogP contribution is -2.51. The molecule has 27 heavy (non-hydrogen) atoms. The molecule has 4 N–H and O–H groups in total. The number of alkyl carbamates (subject to hydrolysis) is 1. The number of esters is 1. The van der Waals surface area contributed by atoms with Gasteiger partial charge in [0.25, 0.3) is 0 Å². The van der Waals surface area contributed by atoms with Gasteiger partial charge in [-0.3, -0.25) is 4.79 Å². The number of nitrogens with one attached hydrogen (secondary N) is 1. The Hall–Kier alpha value is -1.34. The number of amides is 1. The lowest BCUT2D eigenvalue weighted by Gasteiger charge is -2.34. The fourth-order valence-electron chi connectivity index (χ4n) is 4.16. The fraction of sp³-hybridized carbons (Fsp3) is 0.900. The Morgan fingerprint density at radius 2 is 1.78 bits per heavy atom. The van der Waals surface area contributed by atoms with Crippen LogP contribution in [0.5, 0.6) is 0 Å². The van der Waals surface area contributed by atoms with Crippen LogP contribution in [0.15, 0.2) is 0 Å². The monoisotopic (exact) mass is 386 g/mol. The molecule has 1 saturated carbocycles. The Morgan fingerprint density at radius 1 is 1.22 bits per heavy atom. The molecule has 5 atom stereocenters. The van der Waals surface area contributed by atoms with Crippen molar-refractivity contribution in [2.45, 2.75) is 90.5 Å². The van der Waals surface area contributed by atoms with E-state index in [-0.39, 0.29) is 18.4 Å². The molecule has 0 spiro atoms. The molecule has 7 nitrogen and oxygen atoms in total. The zero-order chi connectivity index (χ0) is 20.8. The maximum absolute atomic E-state index is 12.3. The van der Waals surface area contributed by atoms with Gasteiger partial charge in [0.1, 0.15) is 5.60 Å². The Morgan fingerprint density at radius 3 is 2.22 bits per heavy atom. The van der Waals surface area contributed by atoms with Gasteiger partial charge in [0.2, 0.25) is 0 Å². The molecule has 0 aromatic carbocycles. The third-order valence-corrected chi connectivity index (χ3v) is 5.29. The molecule has 1 rings (SSSR count). The first-order chi connectivity index (χ1) is 12.6. The van der Waals surface area contributed by atoms with Crippen LogP contribution in [0.3, 0.4) is 0 Å². The summed E-state index contributed by atoms with van der Waals surface area (Å²) in [7, 11) is 1.30. The molecule has 0 aliphatic heterocycles. The van der Waals surface area contributed by atoms with E-state index in [1.165, 1.54) is 7.11 Å². The molecule has 1 fully saturated rings. The summed E-state index contributed by atoms with van der Waals surface area (Å²) in [6.45, 7) is 9.57. The summed E-state index contributed by atoms with van der Waals surface area (Å²) >= 11 is 0. The van der Waals surface area contributed by atoms with Crippen LogP contribution in [0.2, 0.25) is 0 Å². The minimum atomic E-state index is -0.955. The number of ether oxygens (including phenoxy) is 2. The van der Waals surface area contributed by atoms with Crippen LogP contribution in [0.25, 0.3) is 0 Å². The second kappa shape index (κ2) is 10.3. The minimum absolute atomic E-state index is 0.221. The highest BCUT2D eigenvalue weighted by Gasteiger charge is 2.50. The maximum Gasteiger partial charge on any atom is 0.407 e. The molecular weight excluding hydrogens is 348 g/mol. The van der Waals surface area contributed by atoms with E-state index in [4.69, 9.17) is 15.2 Å². The van der Waals surface area contributed by atoms with Crippen LogP contribution in [-0.2, 0) is 14.3 Å². The van der Waals surface area contributed by atoms with Crippen molar-refractivity contribution in [1.29, 1.82) is 0 Å². The van der Waals surface area contributed by atoms with Crippen LogP contribution >= 0.6 is 0 Å². The molecule has 1 aliphatic carbocycles. The van der Waals surface area contributed by atoms with E-state index >= 15 is 0 Å². The van der Waals surface area contributed by atoms with Gasteiger partial charge in [0.15, 0.2) is 0 Å². The lowest BCUT2D eigenvalue weighted by atomic mass is 9.79. The van der Waals surface area contributed by atoms with Crippen molar-refractivity contribution in [2.75, 3.05) is 7.11 Å². The zero-order valence-electron chi connectivity index (χ0n) is 17.7. The Balaban J connectivity index is 3.04. The van der Waals surface area contributed by atoms with E-state index in [2.05, 4.69) is 19.2 Å². The summed E-state index contributed by atoms with van der Waals surface area (Å²) in [5.41, 5.74) is 5.95. The van der Waals surface area contributed by atoms with Crippen LogP contribution in [0.1, 0.15) is 66.7 Å². The molecule has 1 unspecified atom stereocenters. The Labute approximate surface area is 163 Å². The van der Waals surface area contributed by atoms with E-state index in [9.17, 15) is 14.7 Å². The third kappa shape index (κ3) is 6.64. The number of hydrogen-bond donors (Lipinski definition) is 3. The van der Waals surface area contributed by atoms with E-state index in [0.717, 1.165) is 25.7 Å². The average Bonchev–Trinajstić information content (AvgIpc) is 2.87. The van der Waals surface area contributed by atoms with E-state index in [1.807, 2.05) is 0 Å². The number of carbonyl (C=O) groups excluding carboxylic acids is 2. The Bertz CT molecular complexity index is 485. The van der Waals surface area contributed by atoms with Gasteiger partial charge in [-0.05, 0) is 46.0 Å². The topological polar surface area (TPSA) is 111 Å². The van der Waals surface area contributed by atoms with Crippen molar-refractivity contribution in [3.63, 3.8) is 0 Å². The standard InChI is InChI=1S/C20H38N2O5/c1-7-9-12(10-8-2)16(21)15-14(22-19(25)27-20(3,4)5)11-13(17(15)23)18(24)26-6/h12-17,23H,7-11,21H2,1-6H3,(H,22,25)/t13-,14+,15+,16?,17+/m0/s1. The minimum Gasteiger partial charge on any atom is -0.469 e. The Kier molecular flexibility index (Phi) is 9.02. The van der Waals surface area contributed by atoms with Gasteiger partial charge >= 0.3 is 12.1 Å². The summed E-state index contributed by atoms with van der Waals surface area (Å²) in [6.07, 6.45) is 2.64. The number of aliphatic hydroxyl groups excluding tert-OH is 1. The molecule has 0 heterocycles. The molecule has 0 aromatic rings. The maximum atomic E-state index is 12.3. The summed E-state index contributed by atoms with van der Waals surface area (Å²) in [5, 5.41) is 13.7. The molecule has 0 radical (unpaired) electrons. The summed E-state index contributed by atoms with van der Waals surface area (Å²) in [6, 6.07) is -0.764. The van der Waals surface area contributed by atoms with Gasteiger partial charge in [0, 0.05) is 18.0 Å². The van der Waals surface area contributed by atoms with Crippen molar-refractivity contribution in [3.8, 4) is 0 Å². The van der Waals surface area contributed by atoms with Gasteiger partial charge in [-0.1, -0.05) is 26.7 Å². The number of carbonyl (C=O) groups is 2. The third-order valence-electron chi connectivity index (χ3n) is 5.29. The smallest absolute Gasteiger partial charge is 0.407 e. The van der Waals surface area contributed by atoms with Crippen LogP contribution < -0.4 is 11.1 Å². The van der Waals surface area contributed by atoms with Gasteiger partial charge in [-0.15, -0.1) is 0 Å². The fourth-order valence-corrected chi connectivity index (χ4v) is 4.16. The van der Waals surface area contributed by atoms with Crippen LogP contribution in [-0.4, -0.2) is 48.1 Å². The molecule has 1 amide bonds. The summed E-state index contributed by atoms with van der Waals surface area (Å²) < 4.78 is 10.2. The number of aliphatic hydroxyl groups is 1. The second-order valence-corrected chi connectivity index (χ2v) is 8.60. The van der Waals surface area contributed by atoms with E-state index < -0.39 is 41.6 Å². The van der Waals surface area contributed by atoms with Crippen LogP contribution in [0.4, 0.5) is 4.79 Å². The first-order valence-electron chi connectivity index (χ1n) is 10.1. The summed E-state index contributed by atoms with van der Waals surface area (Å²) in [4.78, 5) is 24.4. The van der Waals surface area contributed by atoms with Crippen molar-refractivity contribution in [2.24, 2.45) is 23.5 Å². The molecule has 7 heteroatoms. The normalized spacial score (nSPS) is 26.7. The predicted molar refractivity (Wildman–Crippen MR) is 104 cm³/mol. The van der Waals surface area contributed by atoms with Gasteiger partial charge in [-0.2, -0.15) is 0 Å². The average molecular weight is 387 g/mol. The van der Waals surface area contributed by atoms with Crippen molar-refractivity contribution in [1.82, 2.24) is 5.32 Å². The van der Waals surface area contributed by atoms with Gasteiger partial charge in [0.05, 0.1) is 19.1 Å². The predicted octanol–water partition coefficient (Wildman–Crippen LogP) is 2.59. The zero-order valence-corrected chi connectivity index (χ0v) is 17.7. The van der Waals surface area contributed by atoms with Crippen molar-refractivity contribution in [3.05, 3.63) is 0 Å². The number of rotatable bonds is 8.